The van der Waals surface area contributed by atoms with Crippen molar-refractivity contribution in [1.29, 1.82) is 0 Å². The lowest BCUT2D eigenvalue weighted by Gasteiger charge is -2.26. The first kappa shape index (κ1) is 11.9. The lowest BCUT2D eigenvalue weighted by atomic mass is 9.98. The average Bonchev–Trinajstić information content (AvgIpc) is 2.75. The average molecular weight is 227 g/mol. The molecule has 4 nitrogen and oxygen atoms in total. The van der Waals surface area contributed by atoms with E-state index in [2.05, 4.69) is 5.32 Å². The number of rotatable bonds is 3. The number of aliphatic hydroxyl groups is 1. The van der Waals surface area contributed by atoms with E-state index in [4.69, 9.17) is 4.74 Å². The molecular weight excluding hydrogens is 206 g/mol. The van der Waals surface area contributed by atoms with Gasteiger partial charge in [0.1, 0.15) is 0 Å². The molecule has 4 heteroatoms. The molecule has 2 aliphatic rings. The summed E-state index contributed by atoms with van der Waals surface area (Å²) in [7, 11) is 0. The van der Waals surface area contributed by atoms with Crippen LogP contribution >= 0.6 is 0 Å². The highest BCUT2D eigenvalue weighted by atomic mass is 16.5. The lowest BCUT2D eigenvalue weighted by Crippen LogP contribution is -2.43. The fourth-order valence-electron chi connectivity index (χ4n) is 2.57. The molecule has 0 atom stereocenters. The minimum Gasteiger partial charge on any atom is -0.388 e. The van der Waals surface area contributed by atoms with E-state index in [0.29, 0.717) is 19.8 Å². The van der Waals surface area contributed by atoms with Gasteiger partial charge in [-0.2, -0.15) is 0 Å². The third-order valence-electron chi connectivity index (χ3n) is 3.72. The van der Waals surface area contributed by atoms with Crippen LogP contribution < -0.4 is 5.32 Å². The fraction of sp³-hybridized carbons (Fsp3) is 0.917. The second kappa shape index (κ2) is 5.15. The quantitative estimate of drug-likeness (QED) is 0.751. The number of amides is 1. The van der Waals surface area contributed by atoms with E-state index in [0.717, 1.165) is 38.5 Å². The molecule has 2 fully saturated rings. The van der Waals surface area contributed by atoms with Crippen LogP contribution in [0.3, 0.4) is 0 Å². The number of hydrogen-bond acceptors (Lipinski definition) is 3. The van der Waals surface area contributed by atoms with Crippen LogP contribution in [-0.2, 0) is 9.53 Å². The molecule has 1 heterocycles. The molecule has 2 N–H and O–H groups in total. The number of hydrogen-bond donors (Lipinski definition) is 2. The Morgan fingerprint density at radius 1 is 1.31 bits per heavy atom. The number of carbonyl (C=O) groups excluding carboxylic acids is 1. The van der Waals surface area contributed by atoms with Crippen molar-refractivity contribution < 1.29 is 14.6 Å². The van der Waals surface area contributed by atoms with Gasteiger partial charge in [0.15, 0.2) is 0 Å². The van der Waals surface area contributed by atoms with Gasteiger partial charge in [0.05, 0.1) is 5.60 Å². The molecule has 92 valence electrons. The molecule has 1 aliphatic heterocycles. The monoisotopic (exact) mass is 227 g/mol. The molecule has 0 unspecified atom stereocenters. The van der Waals surface area contributed by atoms with Gasteiger partial charge in [0.25, 0.3) is 0 Å². The van der Waals surface area contributed by atoms with Crippen LogP contribution in [0.1, 0.15) is 38.5 Å². The first-order valence-electron chi connectivity index (χ1n) is 6.27. The van der Waals surface area contributed by atoms with Crippen LogP contribution in [0.25, 0.3) is 0 Å². The van der Waals surface area contributed by atoms with Gasteiger partial charge in [-0.25, -0.2) is 0 Å². The maximum absolute atomic E-state index is 11.8. The highest BCUT2D eigenvalue weighted by Gasteiger charge is 2.32. The molecule has 0 radical (unpaired) electrons. The fourth-order valence-corrected chi connectivity index (χ4v) is 2.57. The third kappa shape index (κ3) is 2.95. The van der Waals surface area contributed by atoms with Gasteiger partial charge in [-0.3, -0.25) is 4.79 Å². The standard InChI is InChI=1S/C12H21NO3/c14-11(10-3-7-16-8-4-10)13-9-12(15)5-1-2-6-12/h10,15H,1-9H2,(H,13,14). The SMILES string of the molecule is O=C(NCC1(O)CCCC1)C1CCOCC1. The van der Waals surface area contributed by atoms with Gasteiger partial charge in [-0.1, -0.05) is 12.8 Å². The summed E-state index contributed by atoms with van der Waals surface area (Å²) < 4.78 is 5.22. The van der Waals surface area contributed by atoms with Crippen molar-refractivity contribution in [2.75, 3.05) is 19.8 Å². The number of nitrogens with one attached hydrogen (secondary N) is 1. The van der Waals surface area contributed by atoms with Crippen LogP contribution in [-0.4, -0.2) is 36.4 Å². The summed E-state index contributed by atoms with van der Waals surface area (Å²) in [5.41, 5.74) is -0.638. The minimum absolute atomic E-state index is 0.0822. The Kier molecular flexibility index (Phi) is 3.82. The van der Waals surface area contributed by atoms with Gasteiger partial charge in [0, 0.05) is 25.7 Å². The maximum atomic E-state index is 11.8. The molecular formula is C12H21NO3. The van der Waals surface area contributed by atoms with Crippen molar-refractivity contribution in [1.82, 2.24) is 5.32 Å². The summed E-state index contributed by atoms with van der Waals surface area (Å²) in [6, 6.07) is 0. The first-order valence-corrected chi connectivity index (χ1v) is 6.27. The Hall–Kier alpha value is -0.610. The molecule has 1 amide bonds. The molecule has 0 aromatic carbocycles. The third-order valence-corrected chi connectivity index (χ3v) is 3.72. The van der Waals surface area contributed by atoms with E-state index >= 15 is 0 Å². The Bertz CT molecular complexity index is 243. The van der Waals surface area contributed by atoms with Gasteiger partial charge in [-0.05, 0) is 25.7 Å². The number of carbonyl (C=O) groups is 1. The lowest BCUT2D eigenvalue weighted by molar-refractivity contribution is -0.129. The largest absolute Gasteiger partial charge is 0.388 e. The molecule has 1 aliphatic carbocycles. The van der Waals surface area contributed by atoms with Gasteiger partial charge in [-0.15, -0.1) is 0 Å². The highest BCUT2D eigenvalue weighted by molar-refractivity contribution is 5.78. The Morgan fingerprint density at radius 3 is 2.56 bits per heavy atom. The van der Waals surface area contributed by atoms with Crippen LogP contribution in [0.4, 0.5) is 0 Å². The van der Waals surface area contributed by atoms with E-state index in [9.17, 15) is 9.90 Å². The topological polar surface area (TPSA) is 58.6 Å². The van der Waals surface area contributed by atoms with Crippen LogP contribution in [0.15, 0.2) is 0 Å². The van der Waals surface area contributed by atoms with Crippen LogP contribution in [0.5, 0.6) is 0 Å². The van der Waals surface area contributed by atoms with Gasteiger partial charge in [0.2, 0.25) is 5.91 Å². The summed E-state index contributed by atoms with van der Waals surface area (Å²) in [6.45, 7) is 1.79. The first-order chi connectivity index (χ1) is 7.70. The summed E-state index contributed by atoms with van der Waals surface area (Å²) in [5, 5.41) is 13.0. The highest BCUT2D eigenvalue weighted by Crippen LogP contribution is 2.28. The summed E-state index contributed by atoms with van der Waals surface area (Å²) >= 11 is 0. The maximum Gasteiger partial charge on any atom is 0.223 e. The van der Waals surface area contributed by atoms with Gasteiger partial charge < -0.3 is 15.2 Å². The van der Waals surface area contributed by atoms with Crippen LogP contribution in [0.2, 0.25) is 0 Å². The van der Waals surface area contributed by atoms with Gasteiger partial charge >= 0.3 is 0 Å². The van der Waals surface area contributed by atoms with Crippen molar-refractivity contribution >= 4 is 5.91 Å². The van der Waals surface area contributed by atoms with E-state index in [1.807, 2.05) is 0 Å². The molecule has 0 aromatic heterocycles. The minimum atomic E-state index is -0.638. The zero-order valence-corrected chi connectivity index (χ0v) is 9.71. The van der Waals surface area contributed by atoms with Crippen molar-refractivity contribution in [3.05, 3.63) is 0 Å². The second-order valence-electron chi connectivity index (χ2n) is 5.04. The molecule has 16 heavy (non-hydrogen) atoms. The van der Waals surface area contributed by atoms with Crippen molar-refractivity contribution in [2.45, 2.75) is 44.1 Å². The van der Waals surface area contributed by atoms with Crippen molar-refractivity contribution in [2.24, 2.45) is 5.92 Å². The summed E-state index contributed by atoms with van der Waals surface area (Å²) in [6.07, 6.45) is 5.41. The second-order valence-corrected chi connectivity index (χ2v) is 5.04. The predicted octanol–water partition coefficient (Wildman–Crippen LogP) is 0.834. The Labute approximate surface area is 96.4 Å². The normalized spacial score (nSPS) is 25.6. The molecule has 0 bridgehead atoms. The van der Waals surface area contributed by atoms with E-state index in [1.54, 1.807) is 0 Å². The summed E-state index contributed by atoms with van der Waals surface area (Å²) in [4.78, 5) is 11.8. The van der Waals surface area contributed by atoms with E-state index in [-0.39, 0.29) is 11.8 Å². The van der Waals surface area contributed by atoms with E-state index in [1.165, 1.54) is 0 Å². The smallest absolute Gasteiger partial charge is 0.223 e. The molecule has 0 spiro atoms. The molecule has 2 rings (SSSR count). The van der Waals surface area contributed by atoms with Crippen molar-refractivity contribution in [3.8, 4) is 0 Å². The molecule has 0 aromatic rings. The zero-order valence-electron chi connectivity index (χ0n) is 9.71. The molecule has 1 saturated heterocycles. The summed E-state index contributed by atoms with van der Waals surface area (Å²) in [5.74, 6) is 0.169. The predicted molar refractivity (Wildman–Crippen MR) is 60.0 cm³/mol. The number of ether oxygens (including phenoxy) is 1. The molecule has 1 saturated carbocycles. The Morgan fingerprint density at radius 2 is 1.94 bits per heavy atom. The zero-order chi connectivity index (χ0) is 11.4. The van der Waals surface area contributed by atoms with Crippen LogP contribution in [0, 0.1) is 5.92 Å². The van der Waals surface area contributed by atoms with Crippen molar-refractivity contribution in [3.63, 3.8) is 0 Å². The van der Waals surface area contributed by atoms with E-state index < -0.39 is 5.60 Å². The Balaban J connectivity index is 1.74.